The van der Waals surface area contributed by atoms with E-state index < -0.39 is 0 Å². The van der Waals surface area contributed by atoms with E-state index in [0.717, 1.165) is 24.2 Å². The van der Waals surface area contributed by atoms with Gasteiger partial charge in [-0.15, -0.1) is 0 Å². The van der Waals surface area contributed by atoms with Gasteiger partial charge in [0.15, 0.2) is 0 Å². The highest BCUT2D eigenvalue weighted by molar-refractivity contribution is 5.95. The second-order valence-electron chi connectivity index (χ2n) is 7.93. The Kier molecular flexibility index (Phi) is 4.83. The van der Waals surface area contributed by atoms with Gasteiger partial charge in [0.05, 0.1) is 11.4 Å². The largest absolute Gasteiger partial charge is 0.335 e. The number of hydrogen-bond donors (Lipinski definition) is 0. The van der Waals surface area contributed by atoms with E-state index in [2.05, 4.69) is 0 Å². The summed E-state index contributed by atoms with van der Waals surface area (Å²) >= 11 is 0. The zero-order chi connectivity index (χ0) is 20.5. The van der Waals surface area contributed by atoms with Gasteiger partial charge in [-0.2, -0.15) is 5.10 Å². The number of nitrogens with zero attached hydrogens (tertiary/aromatic N) is 4. The molecule has 0 atom stereocenters. The standard InChI is InChI=1S/C24H24N4O2/c29-23(19-7-3-1-4-8-19)26-13-15-27(16-14-26)24(30)22-17-21(18-11-12-18)25-28(22)20-9-5-2-6-10-20/h1-10,17-18H,11-16H2. The molecule has 1 aromatic heterocycles. The van der Waals surface area contributed by atoms with E-state index in [-0.39, 0.29) is 11.8 Å². The number of carbonyl (C=O) groups excluding carboxylic acids is 2. The maximum absolute atomic E-state index is 13.4. The molecular weight excluding hydrogens is 376 g/mol. The summed E-state index contributed by atoms with van der Waals surface area (Å²) in [4.78, 5) is 29.7. The maximum Gasteiger partial charge on any atom is 0.272 e. The van der Waals surface area contributed by atoms with Crippen molar-refractivity contribution in [3.05, 3.63) is 83.7 Å². The summed E-state index contributed by atoms with van der Waals surface area (Å²) in [6, 6.07) is 21.1. The highest BCUT2D eigenvalue weighted by Gasteiger charge is 2.32. The van der Waals surface area contributed by atoms with Crippen molar-refractivity contribution in [3.63, 3.8) is 0 Å². The first kappa shape index (κ1) is 18.6. The van der Waals surface area contributed by atoms with E-state index >= 15 is 0 Å². The molecule has 2 aliphatic rings. The molecule has 2 fully saturated rings. The number of piperazine rings is 1. The molecule has 3 aromatic rings. The van der Waals surface area contributed by atoms with E-state index in [0.29, 0.717) is 43.4 Å². The number of amides is 2. The molecular formula is C24H24N4O2. The summed E-state index contributed by atoms with van der Waals surface area (Å²) < 4.78 is 1.78. The van der Waals surface area contributed by atoms with Crippen molar-refractivity contribution >= 4 is 11.8 Å². The fraction of sp³-hybridized carbons (Fsp3) is 0.292. The van der Waals surface area contributed by atoms with Gasteiger partial charge in [0, 0.05) is 37.7 Å². The van der Waals surface area contributed by atoms with Crippen LogP contribution >= 0.6 is 0 Å². The van der Waals surface area contributed by atoms with E-state index in [1.807, 2.05) is 76.5 Å². The van der Waals surface area contributed by atoms with Gasteiger partial charge >= 0.3 is 0 Å². The van der Waals surface area contributed by atoms with Gasteiger partial charge in [-0.05, 0) is 43.2 Å². The number of aromatic nitrogens is 2. The summed E-state index contributed by atoms with van der Waals surface area (Å²) in [7, 11) is 0. The van der Waals surface area contributed by atoms with Gasteiger partial charge in [0.1, 0.15) is 5.69 Å². The lowest BCUT2D eigenvalue weighted by molar-refractivity contribution is 0.0530. The fourth-order valence-corrected chi connectivity index (χ4v) is 3.93. The second kappa shape index (κ2) is 7.78. The third-order valence-electron chi connectivity index (χ3n) is 5.82. The Balaban J connectivity index is 1.33. The van der Waals surface area contributed by atoms with Crippen molar-refractivity contribution in [2.45, 2.75) is 18.8 Å². The number of carbonyl (C=O) groups is 2. The molecule has 2 heterocycles. The van der Waals surface area contributed by atoms with Crippen LogP contribution in [0.2, 0.25) is 0 Å². The Hall–Kier alpha value is -3.41. The number of para-hydroxylation sites is 1. The van der Waals surface area contributed by atoms with E-state index in [9.17, 15) is 9.59 Å². The molecule has 0 radical (unpaired) electrons. The Labute approximate surface area is 175 Å². The highest BCUT2D eigenvalue weighted by Crippen LogP contribution is 2.39. The van der Waals surface area contributed by atoms with Gasteiger partial charge in [-0.3, -0.25) is 9.59 Å². The summed E-state index contributed by atoms with van der Waals surface area (Å²) in [6.07, 6.45) is 2.28. The Bertz CT molecular complexity index is 1050. The molecule has 1 aliphatic heterocycles. The molecule has 152 valence electrons. The molecule has 0 N–H and O–H groups in total. The first-order valence-corrected chi connectivity index (χ1v) is 10.5. The molecule has 0 bridgehead atoms. The average Bonchev–Trinajstić information content (AvgIpc) is 3.57. The normalized spacial score (nSPS) is 16.5. The lowest BCUT2D eigenvalue weighted by Gasteiger charge is -2.34. The van der Waals surface area contributed by atoms with Crippen molar-refractivity contribution in [1.82, 2.24) is 19.6 Å². The predicted octanol–water partition coefficient (Wildman–Crippen LogP) is 3.35. The van der Waals surface area contributed by atoms with Crippen LogP contribution in [0.25, 0.3) is 5.69 Å². The van der Waals surface area contributed by atoms with Crippen molar-refractivity contribution in [1.29, 1.82) is 0 Å². The van der Waals surface area contributed by atoms with Crippen molar-refractivity contribution in [3.8, 4) is 5.69 Å². The van der Waals surface area contributed by atoms with Crippen LogP contribution in [-0.2, 0) is 0 Å². The van der Waals surface area contributed by atoms with Gasteiger partial charge in [-0.25, -0.2) is 4.68 Å². The van der Waals surface area contributed by atoms with Crippen LogP contribution < -0.4 is 0 Å². The monoisotopic (exact) mass is 400 g/mol. The Morgan fingerprint density at radius 2 is 1.33 bits per heavy atom. The third kappa shape index (κ3) is 3.61. The first-order valence-electron chi connectivity index (χ1n) is 10.5. The molecule has 2 amide bonds. The highest BCUT2D eigenvalue weighted by atomic mass is 16.2. The third-order valence-corrected chi connectivity index (χ3v) is 5.82. The van der Waals surface area contributed by atoms with Gasteiger partial charge in [-0.1, -0.05) is 36.4 Å². The van der Waals surface area contributed by atoms with Crippen molar-refractivity contribution in [2.75, 3.05) is 26.2 Å². The quantitative estimate of drug-likeness (QED) is 0.675. The number of benzene rings is 2. The van der Waals surface area contributed by atoms with Crippen LogP contribution in [0.3, 0.4) is 0 Å². The average molecular weight is 400 g/mol. The molecule has 0 spiro atoms. The molecule has 5 rings (SSSR count). The van der Waals surface area contributed by atoms with Gasteiger partial charge in [0.2, 0.25) is 0 Å². The number of hydrogen-bond acceptors (Lipinski definition) is 3. The lowest BCUT2D eigenvalue weighted by atomic mass is 10.1. The summed E-state index contributed by atoms with van der Waals surface area (Å²) in [6.45, 7) is 2.12. The minimum Gasteiger partial charge on any atom is -0.335 e. The second-order valence-corrected chi connectivity index (χ2v) is 7.93. The number of rotatable bonds is 4. The molecule has 1 saturated heterocycles. The minimum atomic E-state index is -0.0231. The maximum atomic E-state index is 13.4. The van der Waals surface area contributed by atoms with E-state index in [1.54, 1.807) is 4.68 Å². The zero-order valence-electron chi connectivity index (χ0n) is 16.8. The van der Waals surface area contributed by atoms with Crippen molar-refractivity contribution < 1.29 is 9.59 Å². The molecule has 30 heavy (non-hydrogen) atoms. The summed E-state index contributed by atoms with van der Waals surface area (Å²) in [5.41, 5.74) is 3.19. The lowest BCUT2D eigenvalue weighted by Crippen LogP contribution is -2.50. The Morgan fingerprint density at radius 3 is 1.93 bits per heavy atom. The van der Waals surface area contributed by atoms with Crippen LogP contribution in [0.1, 0.15) is 45.3 Å². The molecule has 2 aromatic carbocycles. The summed E-state index contributed by atoms with van der Waals surface area (Å²) in [5, 5.41) is 4.75. The van der Waals surface area contributed by atoms with Crippen molar-refractivity contribution in [2.24, 2.45) is 0 Å². The molecule has 6 heteroatoms. The Morgan fingerprint density at radius 1 is 0.767 bits per heavy atom. The van der Waals surface area contributed by atoms with Gasteiger partial charge in [0.25, 0.3) is 11.8 Å². The van der Waals surface area contributed by atoms with Crippen LogP contribution in [-0.4, -0.2) is 57.6 Å². The predicted molar refractivity (Wildman–Crippen MR) is 114 cm³/mol. The molecule has 1 saturated carbocycles. The smallest absolute Gasteiger partial charge is 0.272 e. The van der Waals surface area contributed by atoms with Crippen LogP contribution in [0.15, 0.2) is 66.7 Å². The SMILES string of the molecule is O=C(c1ccccc1)N1CCN(C(=O)c2cc(C3CC3)nn2-c2ccccc2)CC1. The van der Waals surface area contributed by atoms with Gasteiger partial charge < -0.3 is 9.80 Å². The topological polar surface area (TPSA) is 58.4 Å². The van der Waals surface area contributed by atoms with E-state index in [1.165, 1.54) is 0 Å². The van der Waals surface area contributed by atoms with Crippen LogP contribution in [0, 0.1) is 0 Å². The molecule has 1 aliphatic carbocycles. The summed E-state index contributed by atoms with van der Waals surface area (Å²) in [5.74, 6) is 0.472. The molecule has 6 nitrogen and oxygen atoms in total. The van der Waals surface area contributed by atoms with Crippen LogP contribution in [0.4, 0.5) is 0 Å². The zero-order valence-corrected chi connectivity index (χ0v) is 16.8. The van der Waals surface area contributed by atoms with Crippen LogP contribution in [0.5, 0.6) is 0 Å². The first-order chi connectivity index (χ1) is 14.7. The minimum absolute atomic E-state index is 0.0213. The van der Waals surface area contributed by atoms with E-state index in [4.69, 9.17) is 5.10 Å². The fourth-order valence-electron chi connectivity index (χ4n) is 3.93. The molecule has 0 unspecified atom stereocenters.